The molecule has 0 unspecified atom stereocenters. The second-order valence-corrected chi connectivity index (χ2v) is 6.66. The summed E-state index contributed by atoms with van der Waals surface area (Å²) in [7, 11) is 0. The quantitative estimate of drug-likeness (QED) is 0.153. The van der Waals surface area contributed by atoms with Gasteiger partial charge in [-0.1, -0.05) is 12.1 Å². The number of nitrogens with one attached hydrogen (secondary N) is 1. The molecule has 10 heteroatoms. The number of carbonyl (C=O) groups excluding carboxylic acids is 3. The Balaban J connectivity index is 1.62. The first-order chi connectivity index (χ1) is 14.3. The van der Waals surface area contributed by atoms with Gasteiger partial charge in [0.25, 0.3) is 11.6 Å². The van der Waals surface area contributed by atoms with Crippen LogP contribution in [0, 0.1) is 10.1 Å². The molecule has 0 atom stereocenters. The van der Waals surface area contributed by atoms with Crippen molar-refractivity contribution in [3.05, 3.63) is 87.2 Å². The van der Waals surface area contributed by atoms with Crippen LogP contribution in [0.5, 0.6) is 5.75 Å². The summed E-state index contributed by atoms with van der Waals surface area (Å²) >= 11 is 5.15. The lowest BCUT2D eigenvalue weighted by molar-refractivity contribution is -0.384. The van der Waals surface area contributed by atoms with Crippen molar-refractivity contribution in [3.8, 4) is 5.75 Å². The zero-order valence-corrected chi connectivity index (χ0v) is 15.8. The van der Waals surface area contributed by atoms with Crippen molar-refractivity contribution in [1.29, 1.82) is 0 Å². The lowest BCUT2D eigenvalue weighted by Gasteiger charge is -2.18. The monoisotopic (exact) mass is 421 g/mol. The van der Waals surface area contributed by atoms with E-state index >= 15 is 0 Å². The van der Waals surface area contributed by atoms with Crippen LogP contribution < -0.4 is 10.1 Å². The number of thiocarbonyl (C=S) groups is 1. The summed E-state index contributed by atoms with van der Waals surface area (Å²) < 4.78 is 5.15. The Morgan fingerprint density at radius 1 is 1.07 bits per heavy atom. The summed E-state index contributed by atoms with van der Waals surface area (Å²) in [6.07, 6.45) is 2.50. The van der Waals surface area contributed by atoms with Crippen LogP contribution in [0.2, 0.25) is 0 Å². The van der Waals surface area contributed by atoms with E-state index in [1.165, 1.54) is 42.5 Å². The standard InChI is InChI=1S/C20H11N3O6S/c24-17-13-3-1-2-4-16(13)29-19(26)14(17)10-22-18(25)15(21-20(22)30)9-11-5-7-12(8-6-11)23(27)28/h1-10H,(H,21,30)/b14-10-,15-9+. The normalized spacial score (nSPS) is 18.5. The Labute approximate surface area is 174 Å². The van der Waals surface area contributed by atoms with Gasteiger partial charge in [-0.3, -0.25) is 24.6 Å². The molecule has 9 nitrogen and oxygen atoms in total. The van der Waals surface area contributed by atoms with Crippen molar-refractivity contribution < 1.29 is 24.0 Å². The molecule has 2 aliphatic rings. The van der Waals surface area contributed by atoms with Gasteiger partial charge in [-0.05, 0) is 48.1 Å². The van der Waals surface area contributed by atoms with Gasteiger partial charge in [0.05, 0.1) is 10.5 Å². The number of nitrogens with zero attached hydrogens (tertiary/aromatic N) is 2. The smallest absolute Gasteiger partial charge is 0.349 e. The molecule has 0 aliphatic carbocycles. The van der Waals surface area contributed by atoms with Gasteiger partial charge in [-0.15, -0.1) is 0 Å². The SMILES string of the molecule is O=C1Oc2ccccc2C(=O)/C1=C/N1C(=O)/C(=C\c2ccc([N+](=O)[O-])cc2)NC1=S. The predicted octanol–water partition coefficient (Wildman–Crippen LogP) is 2.34. The third-order valence-corrected chi connectivity index (χ3v) is 4.68. The number of amides is 1. The lowest BCUT2D eigenvalue weighted by Crippen LogP contribution is -2.31. The third-order valence-electron chi connectivity index (χ3n) is 4.38. The van der Waals surface area contributed by atoms with E-state index in [0.29, 0.717) is 5.56 Å². The van der Waals surface area contributed by atoms with Gasteiger partial charge >= 0.3 is 5.97 Å². The molecule has 2 aromatic carbocycles. The van der Waals surface area contributed by atoms with Gasteiger partial charge in [-0.25, -0.2) is 4.79 Å². The molecule has 1 saturated heterocycles. The average Bonchev–Trinajstić information content (AvgIpc) is 2.98. The molecule has 1 N–H and O–H groups in total. The number of para-hydroxylation sites is 1. The molecule has 1 amide bonds. The highest BCUT2D eigenvalue weighted by Gasteiger charge is 2.35. The molecule has 1 fully saturated rings. The van der Waals surface area contributed by atoms with Crippen molar-refractivity contribution >= 4 is 46.8 Å². The second kappa shape index (κ2) is 7.33. The summed E-state index contributed by atoms with van der Waals surface area (Å²) in [5, 5.41) is 13.4. The Morgan fingerprint density at radius 3 is 2.47 bits per heavy atom. The van der Waals surface area contributed by atoms with Crippen molar-refractivity contribution in [1.82, 2.24) is 10.2 Å². The molecule has 0 aromatic heterocycles. The van der Waals surface area contributed by atoms with Gasteiger partial charge in [0, 0.05) is 18.3 Å². The fourth-order valence-electron chi connectivity index (χ4n) is 2.90. The number of Topliss-reactive ketones (excluding diaryl/α,β-unsaturated/α-hetero) is 1. The molecule has 2 aliphatic heterocycles. The van der Waals surface area contributed by atoms with Gasteiger partial charge in [0.1, 0.15) is 17.0 Å². The van der Waals surface area contributed by atoms with Gasteiger partial charge < -0.3 is 10.1 Å². The van der Waals surface area contributed by atoms with Crippen LogP contribution in [0.3, 0.4) is 0 Å². The largest absolute Gasteiger partial charge is 0.422 e. The maximum absolute atomic E-state index is 12.7. The van der Waals surface area contributed by atoms with Crippen LogP contribution in [0.1, 0.15) is 15.9 Å². The summed E-state index contributed by atoms with van der Waals surface area (Å²) in [6.45, 7) is 0. The number of hydrogen-bond acceptors (Lipinski definition) is 7. The Kier molecular flexibility index (Phi) is 4.68. The first kappa shape index (κ1) is 19.2. The van der Waals surface area contributed by atoms with E-state index in [-0.39, 0.29) is 33.4 Å². The Morgan fingerprint density at radius 2 is 1.77 bits per heavy atom. The number of nitro benzene ring substituents is 1. The number of carbonyl (C=O) groups is 3. The van der Waals surface area contributed by atoms with Gasteiger partial charge in [0.2, 0.25) is 5.78 Å². The van der Waals surface area contributed by atoms with Gasteiger partial charge in [-0.2, -0.15) is 0 Å². The minimum absolute atomic E-state index is 0.0277. The number of benzene rings is 2. The maximum atomic E-state index is 12.7. The van der Waals surface area contributed by atoms with Crippen LogP contribution in [0.25, 0.3) is 6.08 Å². The van der Waals surface area contributed by atoms with Crippen LogP contribution in [0.4, 0.5) is 5.69 Å². The molecule has 0 bridgehead atoms. The second-order valence-electron chi connectivity index (χ2n) is 6.27. The maximum Gasteiger partial charge on any atom is 0.349 e. The molecule has 148 valence electrons. The fraction of sp³-hybridized carbons (Fsp3) is 0. The molecule has 0 saturated carbocycles. The van der Waals surface area contributed by atoms with Crippen molar-refractivity contribution in [2.75, 3.05) is 0 Å². The molecule has 2 aromatic rings. The van der Waals surface area contributed by atoms with E-state index in [4.69, 9.17) is 17.0 Å². The number of non-ortho nitro benzene ring substituents is 1. The van der Waals surface area contributed by atoms with E-state index in [2.05, 4.69) is 5.32 Å². The number of fused-ring (bicyclic) bond motifs is 1. The summed E-state index contributed by atoms with van der Waals surface area (Å²) in [4.78, 5) is 48.8. The number of hydrogen-bond donors (Lipinski definition) is 1. The predicted molar refractivity (Wildman–Crippen MR) is 108 cm³/mol. The molecule has 0 spiro atoms. The number of nitro groups is 1. The number of rotatable bonds is 3. The molecule has 0 radical (unpaired) electrons. The highest BCUT2D eigenvalue weighted by atomic mass is 32.1. The van der Waals surface area contributed by atoms with E-state index in [1.54, 1.807) is 12.1 Å². The number of ether oxygens (including phenoxy) is 1. The third kappa shape index (κ3) is 3.35. The zero-order chi connectivity index (χ0) is 21.4. The van der Waals surface area contributed by atoms with E-state index < -0.39 is 22.6 Å². The highest BCUT2D eigenvalue weighted by molar-refractivity contribution is 7.80. The first-order valence-electron chi connectivity index (χ1n) is 8.53. The number of esters is 1. The summed E-state index contributed by atoms with van der Waals surface area (Å²) in [6, 6.07) is 11.8. The topological polar surface area (TPSA) is 119 Å². The van der Waals surface area contributed by atoms with E-state index in [0.717, 1.165) is 11.1 Å². The highest BCUT2D eigenvalue weighted by Crippen LogP contribution is 2.28. The van der Waals surface area contributed by atoms with Crippen molar-refractivity contribution in [2.45, 2.75) is 0 Å². The van der Waals surface area contributed by atoms with E-state index in [1.807, 2.05) is 0 Å². The average molecular weight is 421 g/mol. The van der Waals surface area contributed by atoms with Crippen LogP contribution in [-0.2, 0) is 9.59 Å². The lowest BCUT2D eigenvalue weighted by atomic mass is 10.0. The van der Waals surface area contributed by atoms with Crippen molar-refractivity contribution in [3.63, 3.8) is 0 Å². The van der Waals surface area contributed by atoms with Gasteiger partial charge in [0.15, 0.2) is 5.11 Å². The van der Waals surface area contributed by atoms with Crippen LogP contribution >= 0.6 is 12.2 Å². The minimum Gasteiger partial charge on any atom is -0.422 e. The zero-order valence-electron chi connectivity index (χ0n) is 15.0. The van der Waals surface area contributed by atoms with Crippen molar-refractivity contribution in [2.24, 2.45) is 0 Å². The molecule has 4 rings (SSSR count). The summed E-state index contributed by atoms with van der Waals surface area (Å²) in [5.74, 6) is -1.91. The molecular weight excluding hydrogens is 410 g/mol. The van der Waals surface area contributed by atoms with Crippen LogP contribution in [-0.4, -0.2) is 32.6 Å². The summed E-state index contributed by atoms with van der Waals surface area (Å²) in [5.41, 5.74) is 0.399. The molecule has 2 heterocycles. The molecular formula is C20H11N3O6S. The fourth-order valence-corrected chi connectivity index (χ4v) is 3.15. The Bertz CT molecular complexity index is 1200. The van der Waals surface area contributed by atoms with E-state index in [9.17, 15) is 24.5 Å². The minimum atomic E-state index is -0.887. The first-order valence-corrected chi connectivity index (χ1v) is 8.94. The number of ketones is 1. The molecule has 30 heavy (non-hydrogen) atoms. The van der Waals surface area contributed by atoms with Crippen LogP contribution in [0.15, 0.2) is 66.0 Å². The Hall–Kier alpha value is -4.18.